The van der Waals surface area contributed by atoms with Gasteiger partial charge in [0.05, 0.1) is 13.2 Å². The van der Waals surface area contributed by atoms with E-state index in [1.54, 1.807) is 0 Å². The average molecular weight is 220 g/mol. The molecule has 3 nitrogen and oxygen atoms in total. The third-order valence-corrected chi connectivity index (χ3v) is 1.28. The Morgan fingerprint density at radius 2 is 1.86 bits per heavy atom. The van der Waals surface area contributed by atoms with Gasteiger partial charge in [0.15, 0.2) is 0 Å². The van der Waals surface area contributed by atoms with Crippen molar-refractivity contribution in [1.29, 1.82) is 0 Å². The van der Waals surface area contributed by atoms with E-state index in [4.69, 9.17) is 5.11 Å². The van der Waals surface area contributed by atoms with E-state index in [9.17, 15) is 17.6 Å². The first kappa shape index (κ1) is 13.6. The van der Waals surface area contributed by atoms with E-state index >= 15 is 0 Å². The Balaban J connectivity index is 3.62. The first-order chi connectivity index (χ1) is 6.40. The molecule has 0 aliphatic heterocycles. The molecule has 0 fully saturated rings. The third-order valence-electron chi connectivity index (χ3n) is 1.28. The molecule has 14 heavy (non-hydrogen) atoms. The van der Waals surface area contributed by atoms with Crippen LogP contribution in [-0.2, 0) is 9.47 Å². The van der Waals surface area contributed by atoms with Gasteiger partial charge in [0, 0.05) is 7.11 Å². The maximum absolute atomic E-state index is 12.2. The SMILES string of the molecule is COCC(O)COCC(F)(F)C(F)F. The Hall–Kier alpha value is -0.400. The molecule has 0 rings (SSSR count). The van der Waals surface area contributed by atoms with Gasteiger partial charge >= 0.3 is 12.3 Å². The smallest absolute Gasteiger partial charge is 0.330 e. The molecule has 0 aromatic rings. The highest BCUT2D eigenvalue weighted by atomic mass is 19.3. The molecule has 1 atom stereocenters. The topological polar surface area (TPSA) is 38.7 Å². The zero-order valence-electron chi connectivity index (χ0n) is 7.55. The van der Waals surface area contributed by atoms with Crippen LogP contribution < -0.4 is 0 Å². The molecular weight excluding hydrogens is 208 g/mol. The Morgan fingerprint density at radius 1 is 1.29 bits per heavy atom. The van der Waals surface area contributed by atoms with Gasteiger partial charge in [-0.25, -0.2) is 8.78 Å². The molecule has 86 valence electrons. The van der Waals surface area contributed by atoms with E-state index < -0.39 is 31.7 Å². The lowest BCUT2D eigenvalue weighted by molar-refractivity contribution is -0.172. The largest absolute Gasteiger partial charge is 0.388 e. The molecule has 0 saturated heterocycles. The first-order valence-corrected chi connectivity index (χ1v) is 3.81. The lowest BCUT2D eigenvalue weighted by Crippen LogP contribution is -2.34. The number of aliphatic hydroxyl groups excluding tert-OH is 1. The van der Waals surface area contributed by atoms with Crippen molar-refractivity contribution >= 4 is 0 Å². The van der Waals surface area contributed by atoms with Gasteiger partial charge in [0.2, 0.25) is 0 Å². The molecule has 1 unspecified atom stereocenters. The lowest BCUT2D eigenvalue weighted by atomic mass is 10.3. The molecule has 0 aromatic heterocycles. The summed E-state index contributed by atoms with van der Waals surface area (Å²) in [5.74, 6) is -4.17. The van der Waals surface area contributed by atoms with Gasteiger partial charge in [-0.1, -0.05) is 0 Å². The summed E-state index contributed by atoms with van der Waals surface area (Å²) >= 11 is 0. The van der Waals surface area contributed by atoms with Crippen molar-refractivity contribution in [3.05, 3.63) is 0 Å². The van der Waals surface area contributed by atoms with Crippen LogP contribution in [0, 0.1) is 0 Å². The summed E-state index contributed by atoms with van der Waals surface area (Å²) in [6, 6.07) is 0. The minimum Gasteiger partial charge on any atom is -0.388 e. The zero-order chi connectivity index (χ0) is 11.2. The van der Waals surface area contributed by atoms with E-state index in [1.165, 1.54) is 7.11 Å². The second-order valence-electron chi connectivity index (χ2n) is 2.69. The van der Waals surface area contributed by atoms with Crippen molar-refractivity contribution in [2.75, 3.05) is 26.9 Å². The summed E-state index contributed by atoms with van der Waals surface area (Å²) < 4.78 is 56.2. The van der Waals surface area contributed by atoms with E-state index in [1.807, 2.05) is 0 Å². The monoisotopic (exact) mass is 220 g/mol. The Labute approximate surface area is 78.6 Å². The van der Waals surface area contributed by atoms with Crippen molar-refractivity contribution in [3.8, 4) is 0 Å². The summed E-state index contributed by atoms with van der Waals surface area (Å²) in [4.78, 5) is 0. The number of aliphatic hydroxyl groups is 1. The Bertz CT molecular complexity index is 154. The zero-order valence-corrected chi connectivity index (χ0v) is 7.55. The number of rotatable bonds is 7. The van der Waals surface area contributed by atoms with Gasteiger partial charge < -0.3 is 14.6 Å². The van der Waals surface area contributed by atoms with E-state index in [-0.39, 0.29) is 6.61 Å². The number of methoxy groups -OCH3 is 1. The van der Waals surface area contributed by atoms with Crippen LogP contribution in [0.15, 0.2) is 0 Å². The second kappa shape index (κ2) is 6.15. The first-order valence-electron chi connectivity index (χ1n) is 3.81. The van der Waals surface area contributed by atoms with Gasteiger partial charge in [-0.3, -0.25) is 0 Å². The summed E-state index contributed by atoms with van der Waals surface area (Å²) in [6.07, 6.45) is -4.85. The Kier molecular flexibility index (Phi) is 5.98. The molecule has 0 amide bonds. The highest BCUT2D eigenvalue weighted by Gasteiger charge is 2.41. The molecular formula is C7H12F4O3. The van der Waals surface area contributed by atoms with Crippen LogP contribution in [0.5, 0.6) is 0 Å². The molecule has 0 aliphatic carbocycles. The molecule has 0 heterocycles. The van der Waals surface area contributed by atoms with Crippen LogP contribution in [-0.4, -0.2) is 50.5 Å². The van der Waals surface area contributed by atoms with E-state index in [0.29, 0.717) is 0 Å². The van der Waals surface area contributed by atoms with Crippen molar-refractivity contribution in [2.24, 2.45) is 0 Å². The predicted octanol–water partition coefficient (Wildman–Crippen LogP) is 0.911. The van der Waals surface area contributed by atoms with Gasteiger partial charge in [-0.15, -0.1) is 0 Å². The van der Waals surface area contributed by atoms with Gasteiger partial charge in [0.1, 0.15) is 12.7 Å². The predicted molar refractivity (Wildman–Crippen MR) is 39.7 cm³/mol. The molecule has 0 saturated carbocycles. The summed E-state index contributed by atoms with van der Waals surface area (Å²) in [5, 5.41) is 8.90. The van der Waals surface area contributed by atoms with Crippen LogP contribution >= 0.6 is 0 Å². The van der Waals surface area contributed by atoms with E-state index in [2.05, 4.69) is 9.47 Å². The van der Waals surface area contributed by atoms with Crippen LogP contribution in [0.2, 0.25) is 0 Å². The average Bonchev–Trinajstić information content (AvgIpc) is 2.04. The highest BCUT2D eigenvalue weighted by molar-refractivity contribution is 4.68. The molecule has 0 bridgehead atoms. The maximum Gasteiger partial charge on any atom is 0.330 e. The number of alkyl halides is 4. The second-order valence-corrected chi connectivity index (χ2v) is 2.69. The van der Waals surface area contributed by atoms with E-state index in [0.717, 1.165) is 0 Å². The fourth-order valence-electron chi connectivity index (χ4n) is 0.635. The van der Waals surface area contributed by atoms with Crippen molar-refractivity contribution < 1.29 is 32.1 Å². The summed E-state index contributed by atoms with van der Waals surface area (Å²) in [5.41, 5.74) is 0. The van der Waals surface area contributed by atoms with Gasteiger partial charge in [-0.2, -0.15) is 8.78 Å². The van der Waals surface area contributed by atoms with Crippen molar-refractivity contribution in [2.45, 2.75) is 18.5 Å². The number of ether oxygens (including phenoxy) is 2. The molecule has 7 heteroatoms. The summed E-state index contributed by atoms with van der Waals surface area (Å²) in [7, 11) is 1.30. The Morgan fingerprint density at radius 3 is 2.29 bits per heavy atom. The summed E-state index contributed by atoms with van der Waals surface area (Å²) in [6.45, 7) is -1.97. The van der Waals surface area contributed by atoms with Crippen LogP contribution in [0.1, 0.15) is 0 Å². The van der Waals surface area contributed by atoms with Gasteiger partial charge in [0.25, 0.3) is 0 Å². The quantitative estimate of drug-likeness (QED) is 0.648. The van der Waals surface area contributed by atoms with Crippen LogP contribution in [0.4, 0.5) is 17.6 Å². The minimum absolute atomic E-state index is 0.0970. The molecule has 0 aliphatic rings. The standard InChI is InChI=1S/C7H12F4O3/c1-13-2-5(12)3-14-4-7(10,11)6(8)9/h5-6,12H,2-4H2,1H3. The number of halogens is 4. The number of hydrogen-bond donors (Lipinski definition) is 1. The fraction of sp³-hybridized carbons (Fsp3) is 1.00. The fourth-order valence-corrected chi connectivity index (χ4v) is 0.635. The van der Waals surface area contributed by atoms with Crippen molar-refractivity contribution in [3.63, 3.8) is 0 Å². The minimum atomic E-state index is -4.17. The van der Waals surface area contributed by atoms with Crippen LogP contribution in [0.25, 0.3) is 0 Å². The third kappa shape index (κ3) is 5.36. The normalized spacial score (nSPS) is 14.8. The maximum atomic E-state index is 12.2. The lowest BCUT2D eigenvalue weighted by Gasteiger charge is -2.16. The molecule has 0 radical (unpaired) electrons. The highest BCUT2D eigenvalue weighted by Crippen LogP contribution is 2.22. The molecule has 0 aromatic carbocycles. The van der Waals surface area contributed by atoms with Crippen LogP contribution in [0.3, 0.4) is 0 Å². The van der Waals surface area contributed by atoms with Gasteiger partial charge in [-0.05, 0) is 0 Å². The number of hydrogen-bond acceptors (Lipinski definition) is 3. The van der Waals surface area contributed by atoms with Crippen molar-refractivity contribution in [1.82, 2.24) is 0 Å². The molecule has 0 spiro atoms. The molecule has 1 N–H and O–H groups in total.